The zero-order valence-electron chi connectivity index (χ0n) is 13.8. The maximum absolute atomic E-state index is 12.4. The van der Waals surface area contributed by atoms with Crippen LogP contribution in [-0.2, 0) is 14.8 Å². The minimum Gasteiger partial charge on any atom is -0.366 e. The molecule has 2 aromatic carbocycles. The molecule has 0 aromatic heterocycles. The van der Waals surface area contributed by atoms with E-state index in [0.29, 0.717) is 15.6 Å². The second kappa shape index (κ2) is 7.01. The molecular weight excluding hydrogens is 394 g/mol. The van der Waals surface area contributed by atoms with Crippen LogP contribution < -0.4 is 15.4 Å². The molecular formula is C17H14ClN3O5S. The number of rotatable bonds is 4. The molecule has 1 aliphatic rings. The van der Waals surface area contributed by atoms with Crippen LogP contribution in [0.15, 0.2) is 42.5 Å². The molecule has 0 aliphatic carbocycles. The van der Waals surface area contributed by atoms with Crippen molar-refractivity contribution in [1.29, 1.82) is 0 Å². The van der Waals surface area contributed by atoms with Crippen LogP contribution in [0.5, 0.6) is 0 Å². The molecule has 27 heavy (non-hydrogen) atoms. The van der Waals surface area contributed by atoms with E-state index in [1.165, 1.54) is 42.5 Å². The molecule has 1 heterocycles. The summed E-state index contributed by atoms with van der Waals surface area (Å²) in [7, 11) is -3.71. The number of hydrogen-bond acceptors (Lipinski definition) is 5. The van der Waals surface area contributed by atoms with Crippen molar-refractivity contribution >= 4 is 50.7 Å². The third-order valence-electron chi connectivity index (χ3n) is 3.94. The van der Waals surface area contributed by atoms with E-state index < -0.39 is 27.7 Å². The lowest BCUT2D eigenvalue weighted by Crippen LogP contribution is -2.29. The monoisotopic (exact) mass is 407 g/mol. The summed E-state index contributed by atoms with van der Waals surface area (Å²) in [5.74, 6) is -1.92. The number of halogens is 1. The summed E-state index contributed by atoms with van der Waals surface area (Å²) in [5, 5.41) is 2.60. The van der Waals surface area contributed by atoms with Crippen molar-refractivity contribution in [3.05, 3.63) is 58.6 Å². The summed E-state index contributed by atoms with van der Waals surface area (Å²) in [6.07, 6.45) is -0.0938. The van der Waals surface area contributed by atoms with E-state index in [1.54, 1.807) is 0 Å². The summed E-state index contributed by atoms with van der Waals surface area (Å²) >= 11 is 6.12. The SMILES string of the molecule is NC(=O)c1ccc(NC(=O)c2ccc(N3C(=O)CCS3(=O)=O)cc2Cl)cc1. The van der Waals surface area contributed by atoms with Crippen LogP contribution in [0.1, 0.15) is 27.1 Å². The van der Waals surface area contributed by atoms with E-state index in [1.807, 2.05) is 0 Å². The third-order valence-corrected chi connectivity index (χ3v) is 5.94. The molecule has 1 aliphatic heterocycles. The van der Waals surface area contributed by atoms with Crippen molar-refractivity contribution in [3.8, 4) is 0 Å². The predicted octanol–water partition coefficient (Wildman–Crippen LogP) is 1.76. The highest BCUT2D eigenvalue weighted by atomic mass is 35.5. The van der Waals surface area contributed by atoms with Gasteiger partial charge in [-0.2, -0.15) is 0 Å². The van der Waals surface area contributed by atoms with Gasteiger partial charge in [0.15, 0.2) is 0 Å². The van der Waals surface area contributed by atoms with Crippen LogP contribution in [0.25, 0.3) is 0 Å². The van der Waals surface area contributed by atoms with E-state index in [2.05, 4.69) is 5.32 Å². The Kier molecular flexibility index (Phi) is 4.90. The normalized spacial score (nSPS) is 15.6. The Bertz CT molecular complexity index is 1050. The number of nitrogens with zero attached hydrogens (tertiary/aromatic N) is 1. The summed E-state index contributed by atoms with van der Waals surface area (Å²) in [6, 6.07) is 9.89. The van der Waals surface area contributed by atoms with Gasteiger partial charge in [-0.1, -0.05) is 11.6 Å². The van der Waals surface area contributed by atoms with Crippen molar-refractivity contribution in [1.82, 2.24) is 0 Å². The van der Waals surface area contributed by atoms with Crippen molar-refractivity contribution in [2.45, 2.75) is 6.42 Å². The van der Waals surface area contributed by atoms with Gasteiger partial charge < -0.3 is 11.1 Å². The molecule has 0 radical (unpaired) electrons. The van der Waals surface area contributed by atoms with Gasteiger partial charge in [0.2, 0.25) is 21.8 Å². The van der Waals surface area contributed by atoms with Gasteiger partial charge in [0.25, 0.3) is 5.91 Å². The summed E-state index contributed by atoms with van der Waals surface area (Å²) in [4.78, 5) is 35.3. The minimum atomic E-state index is -3.71. The standard InChI is InChI=1S/C17H14ClN3O5S/c18-14-9-12(21-15(22)7-8-27(21,25)26)5-6-13(14)17(24)20-11-3-1-10(2-4-11)16(19)23/h1-6,9H,7-8H2,(H2,19,23)(H,20,24). The predicted molar refractivity (Wildman–Crippen MR) is 100 cm³/mol. The second-order valence-corrected chi connectivity index (χ2v) is 8.13. The lowest BCUT2D eigenvalue weighted by Gasteiger charge is -2.16. The molecule has 8 nitrogen and oxygen atoms in total. The van der Waals surface area contributed by atoms with E-state index in [-0.39, 0.29) is 28.4 Å². The smallest absolute Gasteiger partial charge is 0.257 e. The maximum Gasteiger partial charge on any atom is 0.257 e. The number of hydrogen-bond donors (Lipinski definition) is 2. The molecule has 1 fully saturated rings. The Labute approximate surface area is 160 Å². The Morgan fingerprint density at radius 3 is 2.30 bits per heavy atom. The van der Waals surface area contributed by atoms with Gasteiger partial charge in [-0.3, -0.25) is 14.4 Å². The zero-order chi connectivity index (χ0) is 19.8. The molecule has 140 valence electrons. The first-order chi connectivity index (χ1) is 12.7. The first kappa shape index (κ1) is 18.9. The first-order valence-corrected chi connectivity index (χ1v) is 9.74. The topological polar surface area (TPSA) is 127 Å². The third kappa shape index (κ3) is 3.79. The number of carbonyl (C=O) groups excluding carboxylic acids is 3. The van der Waals surface area contributed by atoms with Crippen molar-refractivity contribution in [2.24, 2.45) is 5.73 Å². The van der Waals surface area contributed by atoms with Crippen molar-refractivity contribution in [3.63, 3.8) is 0 Å². The van der Waals surface area contributed by atoms with Gasteiger partial charge in [-0.05, 0) is 42.5 Å². The quantitative estimate of drug-likeness (QED) is 0.798. The first-order valence-electron chi connectivity index (χ1n) is 7.75. The molecule has 0 atom stereocenters. The second-order valence-electron chi connectivity index (χ2n) is 5.78. The van der Waals surface area contributed by atoms with Crippen LogP contribution in [-0.4, -0.2) is 31.9 Å². The number of carbonyl (C=O) groups is 3. The zero-order valence-corrected chi connectivity index (χ0v) is 15.4. The number of primary amides is 1. The summed E-state index contributed by atoms with van der Waals surface area (Å²) < 4.78 is 24.6. The average molecular weight is 408 g/mol. The van der Waals surface area contributed by atoms with E-state index in [0.717, 1.165) is 0 Å². The molecule has 3 N–H and O–H groups in total. The number of anilines is 2. The van der Waals surface area contributed by atoms with Gasteiger partial charge in [-0.15, -0.1) is 0 Å². The van der Waals surface area contributed by atoms with Crippen molar-refractivity contribution in [2.75, 3.05) is 15.4 Å². The fraction of sp³-hybridized carbons (Fsp3) is 0.118. The number of amides is 3. The number of benzene rings is 2. The van der Waals surface area contributed by atoms with Gasteiger partial charge in [0.05, 0.1) is 22.0 Å². The number of nitrogens with one attached hydrogen (secondary N) is 1. The molecule has 0 spiro atoms. The van der Waals surface area contributed by atoms with Gasteiger partial charge >= 0.3 is 0 Å². The van der Waals surface area contributed by atoms with Crippen LogP contribution in [0, 0.1) is 0 Å². The Morgan fingerprint density at radius 1 is 1.11 bits per heavy atom. The molecule has 0 saturated carbocycles. The maximum atomic E-state index is 12.4. The van der Waals surface area contributed by atoms with Gasteiger partial charge in [-0.25, -0.2) is 12.7 Å². The van der Waals surface area contributed by atoms with Crippen LogP contribution in [0.3, 0.4) is 0 Å². The molecule has 0 bridgehead atoms. The molecule has 3 amide bonds. The Hall–Kier alpha value is -2.91. The van der Waals surface area contributed by atoms with Crippen LogP contribution >= 0.6 is 11.6 Å². The molecule has 10 heteroatoms. The molecule has 2 aromatic rings. The number of nitrogens with two attached hydrogens (primary N) is 1. The fourth-order valence-corrected chi connectivity index (χ4v) is 4.31. The summed E-state index contributed by atoms with van der Waals surface area (Å²) in [5.41, 5.74) is 6.06. The largest absolute Gasteiger partial charge is 0.366 e. The number of sulfonamides is 1. The highest BCUT2D eigenvalue weighted by Crippen LogP contribution is 2.29. The van der Waals surface area contributed by atoms with E-state index in [4.69, 9.17) is 17.3 Å². The fourth-order valence-electron chi connectivity index (χ4n) is 2.60. The van der Waals surface area contributed by atoms with Crippen LogP contribution in [0.2, 0.25) is 5.02 Å². The van der Waals surface area contributed by atoms with E-state index >= 15 is 0 Å². The van der Waals surface area contributed by atoms with Crippen molar-refractivity contribution < 1.29 is 22.8 Å². The molecule has 1 saturated heterocycles. The lowest BCUT2D eigenvalue weighted by molar-refractivity contribution is -0.116. The Balaban J connectivity index is 1.82. The average Bonchev–Trinajstić information content (AvgIpc) is 2.88. The summed E-state index contributed by atoms with van der Waals surface area (Å²) in [6.45, 7) is 0. The Morgan fingerprint density at radius 2 is 1.78 bits per heavy atom. The molecule has 0 unspecified atom stereocenters. The van der Waals surface area contributed by atoms with Crippen LogP contribution in [0.4, 0.5) is 11.4 Å². The molecule has 3 rings (SSSR count). The highest BCUT2D eigenvalue weighted by Gasteiger charge is 2.36. The highest BCUT2D eigenvalue weighted by molar-refractivity contribution is 7.94. The van der Waals surface area contributed by atoms with E-state index in [9.17, 15) is 22.8 Å². The van der Waals surface area contributed by atoms with Gasteiger partial charge in [0.1, 0.15) is 0 Å². The lowest BCUT2D eigenvalue weighted by atomic mass is 10.1. The van der Waals surface area contributed by atoms with Gasteiger partial charge in [0, 0.05) is 17.7 Å². The minimum absolute atomic E-state index is 0.00587.